The van der Waals surface area contributed by atoms with E-state index in [9.17, 15) is 4.79 Å². The number of carbonyl (C=O) groups excluding carboxylic acids is 1. The molecule has 0 fully saturated rings. The molecule has 0 bridgehead atoms. The molecule has 6 heteroatoms. The molecule has 0 unspecified atom stereocenters. The van der Waals surface area contributed by atoms with Gasteiger partial charge in [0, 0.05) is 38.0 Å². The van der Waals surface area contributed by atoms with Crippen molar-refractivity contribution in [3.63, 3.8) is 0 Å². The molecule has 0 saturated heterocycles. The highest BCUT2D eigenvalue weighted by molar-refractivity contribution is 8.14. The summed E-state index contributed by atoms with van der Waals surface area (Å²) in [6.07, 6.45) is 5.08. The summed E-state index contributed by atoms with van der Waals surface area (Å²) in [6, 6.07) is 0.743. The lowest BCUT2D eigenvalue weighted by Crippen LogP contribution is -2.46. The van der Waals surface area contributed by atoms with Crippen LogP contribution < -0.4 is 0 Å². The molecule has 0 N–H and O–H groups in total. The Hall–Kier alpha value is -0.323. The molecule has 0 aromatic heterocycles. The van der Waals surface area contributed by atoms with Gasteiger partial charge in [-0.2, -0.15) is 0 Å². The fourth-order valence-electron chi connectivity index (χ4n) is 2.09. The van der Waals surface area contributed by atoms with E-state index in [0.717, 1.165) is 31.1 Å². The van der Waals surface area contributed by atoms with Gasteiger partial charge >= 0.3 is 8.80 Å². The van der Waals surface area contributed by atoms with Crippen molar-refractivity contribution in [2.75, 3.05) is 25.6 Å². The average Bonchev–Trinajstić information content (AvgIpc) is 2.52. The molecular formula is C17H32O4SSi. The smallest absolute Gasteiger partial charge is 0.374 e. The Morgan fingerprint density at radius 3 is 2.09 bits per heavy atom. The second kappa shape index (κ2) is 15.2. The molecular weight excluding hydrogens is 328 g/mol. The van der Waals surface area contributed by atoms with Crippen molar-refractivity contribution in [1.82, 2.24) is 0 Å². The average molecular weight is 361 g/mol. The van der Waals surface area contributed by atoms with Crippen molar-refractivity contribution in [1.29, 1.82) is 0 Å². The fourth-order valence-corrected chi connectivity index (χ4v) is 5.58. The minimum atomic E-state index is -2.57. The van der Waals surface area contributed by atoms with Crippen molar-refractivity contribution in [3.05, 3.63) is 0 Å². The zero-order valence-corrected chi connectivity index (χ0v) is 16.9. The lowest BCUT2D eigenvalue weighted by Gasteiger charge is -2.28. The molecule has 0 aliphatic carbocycles. The first-order valence-corrected chi connectivity index (χ1v) is 11.6. The van der Waals surface area contributed by atoms with Crippen LogP contribution in [-0.2, 0) is 18.1 Å². The van der Waals surface area contributed by atoms with Crippen LogP contribution in [0.5, 0.6) is 0 Å². The molecule has 23 heavy (non-hydrogen) atoms. The Balaban J connectivity index is 4.10. The molecule has 0 heterocycles. The van der Waals surface area contributed by atoms with Gasteiger partial charge < -0.3 is 13.3 Å². The van der Waals surface area contributed by atoms with E-state index in [4.69, 9.17) is 13.3 Å². The minimum Gasteiger partial charge on any atom is -0.374 e. The van der Waals surface area contributed by atoms with Gasteiger partial charge in [0.05, 0.1) is 0 Å². The standard InChI is InChI=1S/C17H32O4SSi/c1-5-9-10-11-12-14-17(18)22-15-13-16-23(19-6-2,20-7-3)21-8-4/h5-11,13,15-16H2,1-4H3. The van der Waals surface area contributed by atoms with E-state index < -0.39 is 8.80 Å². The van der Waals surface area contributed by atoms with E-state index in [1.807, 2.05) is 20.8 Å². The molecule has 0 aromatic rings. The number of carbonyl (C=O) groups is 1. The van der Waals surface area contributed by atoms with Crippen molar-refractivity contribution in [2.45, 2.75) is 65.8 Å². The zero-order chi connectivity index (χ0) is 17.4. The second-order valence-electron chi connectivity index (χ2n) is 4.98. The summed E-state index contributed by atoms with van der Waals surface area (Å²) >= 11 is 1.28. The molecule has 0 aliphatic rings. The Kier molecular flexibility index (Phi) is 15.0. The van der Waals surface area contributed by atoms with Gasteiger partial charge in [0.1, 0.15) is 0 Å². The SMILES string of the molecule is CCCCCC#CC(=O)SCCC[Si](OCC)(OCC)OCC. The van der Waals surface area contributed by atoms with Crippen LogP contribution in [0.25, 0.3) is 0 Å². The largest absolute Gasteiger partial charge is 0.500 e. The van der Waals surface area contributed by atoms with Gasteiger partial charge in [0.2, 0.25) is 0 Å². The predicted molar refractivity (Wildman–Crippen MR) is 99.4 cm³/mol. The summed E-state index contributed by atoms with van der Waals surface area (Å²) in [6.45, 7) is 9.76. The van der Waals surface area contributed by atoms with E-state index in [-0.39, 0.29) is 5.12 Å². The van der Waals surface area contributed by atoms with E-state index in [0.29, 0.717) is 19.8 Å². The lowest BCUT2D eigenvalue weighted by atomic mass is 10.2. The van der Waals surface area contributed by atoms with Gasteiger partial charge in [-0.3, -0.25) is 4.79 Å². The molecule has 134 valence electrons. The summed E-state index contributed by atoms with van der Waals surface area (Å²) in [4.78, 5) is 11.7. The maximum atomic E-state index is 11.7. The third-order valence-electron chi connectivity index (χ3n) is 3.05. The highest BCUT2D eigenvalue weighted by Gasteiger charge is 2.39. The zero-order valence-electron chi connectivity index (χ0n) is 15.1. The first-order chi connectivity index (χ1) is 11.1. The summed E-state index contributed by atoms with van der Waals surface area (Å²) in [7, 11) is -2.57. The minimum absolute atomic E-state index is 0.0435. The van der Waals surface area contributed by atoms with Crippen LogP contribution in [0.1, 0.15) is 59.8 Å². The van der Waals surface area contributed by atoms with Gasteiger partial charge in [-0.25, -0.2) is 0 Å². The fraction of sp³-hybridized carbons (Fsp3) is 0.824. The van der Waals surface area contributed by atoms with E-state index in [2.05, 4.69) is 18.8 Å². The van der Waals surface area contributed by atoms with Crippen molar-refractivity contribution >= 4 is 25.7 Å². The number of unbranched alkanes of at least 4 members (excludes halogenated alkanes) is 3. The van der Waals surface area contributed by atoms with Crippen LogP contribution in [0.15, 0.2) is 0 Å². The van der Waals surface area contributed by atoms with E-state index >= 15 is 0 Å². The van der Waals surface area contributed by atoms with Crippen molar-refractivity contribution in [3.8, 4) is 11.8 Å². The summed E-state index contributed by atoms with van der Waals surface area (Å²) < 4.78 is 17.4. The molecule has 0 saturated carbocycles. The molecule has 0 amide bonds. The van der Waals surface area contributed by atoms with E-state index in [1.54, 1.807) is 0 Å². The maximum Gasteiger partial charge on any atom is 0.500 e. The van der Waals surface area contributed by atoms with Gasteiger partial charge in [0.25, 0.3) is 5.12 Å². The highest BCUT2D eigenvalue weighted by Crippen LogP contribution is 2.20. The Labute approximate surface area is 147 Å². The van der Waals surface area contributed by atoms with Crippen molar-refractivity contribution in [2.24, 2.45) is 0 Å². The topological polar surface area (TPSA) is 44.8 Å². The third-order valence-corrected chi connectivity index (χ3v) is 7.06. The van der Waals surface area contributed by atoms with Crippen LogP contribution in [0.4, 0.5) is 0 Å². The Morgan fingerprint density at radius 1 is 0.957 bits per heavy atom. The maximum absolute atomic E-state index is 11.7. The summed E-state index contributed by atoms with van der Waals surface area (Å²) in [5, 5.41) is -0.0435. The third kappa shape index (κ3) is 11.8. The molecule has 0 aromatic carbocycles. The molecule has 0 spiro atoms. The number of rotatable bonds is 13. The van der Waals surface area contributed by atoms with Crippen LogP contribution in [0.3, 0.4) is 0 Å². The van der Waals surface area contributed by atoms with Gasteiger partial charge in [0.15, 0.2) is 0 Å². The van der Waals surface area contributed by atoms with Crippen LogP contribution in [-0.4, -0.2) is 39.5 Å². The quantitative estimate of drug-likeness (QED) is 0.279. The summed E-state index contributed by atoms with van der Waals surface area (Å²) in [5.41, 5.74) is 0. The monoisotopic (exact) mass is 360 g/mol. The molecule has 0 aliphatic heterocycles. The molecule has 0 rings (SSSR count). The predicted octanol–water partition coefficient (Wildman–Crippen LogP) is 4.27. The number of hydrogen-bond donors (Lipinski definition) is 0. The molecule has 4 nitrogen and oxygen atoms in total. The highest BCUT2D eigenvalue weighted by atomic mass is 32.2. The normalized spacial score (nSPS) is 11.1. The van der Waals surface area contributed by atoms with Gasteiger partial charge in [-0.15, -0.1) is 0 Å². The van der Waals surface area contributed by atoms with Crippen LogP contribution >= 0.6 is 11.8 Å². The van der Waals surface area contributed by atoms with Gasteiger partial charge in [-0.05, 0) is 39.5 Å². The summed E-state index contributed by atoms with van der Waals surface area (Å²) in [5.74, 6) is 6.39. The first kappa shape index (κ1) is 22.7. The Bertz CT molecular complexity index is 348. The van der Waals surface area contributed by atoms with Crippen molar-refractivity contribution < 1.29 is 18.1 Å². The van der Waals surface area contributed by atoms with Crippen LogP contribution in [0.2, 0.25) is 6.04 Å². The number of hydrogen-bond acceptors (Lipinski definition) is 5. The second-order valence-corrected chi connectivity index (χ2v) is 8.78. The first-order valence-electron chi connectivity index (χ1n) is 8.71. The Morgan fingerprint density at radius 2 is 1.57 bits per heavy atom. The van der Waals surface area contributed by atoms with Crippen LogP contribution in [0, 0.1) is 11.8 Å². The van der Waals surface area contributed by atoms with E-state index in [1.165, 1.54) is 24.6 Å². The number of thioether (sulfide) groups is 1. The molecule has 0 atom stereocenters. The van der Waals surface area contributed by atoms with Gasteiger partial charge in [-0.1, -0.05) is 37.4 Å². The lowest BCUT2D eigenvalue weighted by molar-refractivity contribution is -0.106. The molecule has 0 radical (unpaired) electrons.